The van der Waals surface area contributed by atoms with E-state index in [0.717, 1.165) is 42.9 Å². The number of likely N-dealkylation sites (tertiary alicyclic amines) is 1. The van der Waals surface area contributed by atoms with E-state index in [-0.39, 0.29) is 5.82 Å². The molecule has 1 aromatic carbocycles. The van der Waals surface area contributed by atoms with Crippen molar-refractivity contribution in [2.24, 2.45) is 0 Å². The Labute approximate surface area is 125 Å². The van der Waals surface area contributed by atoms with E-state index < -0.39 is 0 Å². The number of hydrogen-bond donors (Lipinski definition) is 1. The summed E-state index contributed by atoms with van der Waals surface area (Å²) in [5.74, 6) is 0.830. The highest BCUT2D eigenvalue weighted by molar-refractivity contribution is 5.76. The zero-order valence-corrected chi connectivity index (χ0v) is 12.6. The van der Waals surface area contributed by atoms with Gasteiger partial charge >= 0.3 is 0 Å². The molecule has 1 saturated heterocycles. The summed E-state index contributed by atoms with van der Waals surface area (Å²) in [5.41, 5.74) is 1.81. The van der Waals surface area contributed by atoms with Gasteiger partial charge in [0.15, 0.2) is 0 Å². The highest BCUT2D eigenvalue weighted by Crippen LogP contribution is 2.18. The molecule has 2 aromatic rings. The van der Waals surface area contributed by atoms with Crippen LogP contribution in [0, 0.1) is 5.82 Å². The maximum absolute atomic E-state index is 13.4. The molecule has 0 spiro atoms. The Bertz CT molecular complexity index is 602. The molecule has 0 atom stereocenters. The third-order valence-corrected chi connectivity index (χ3v) is 4.23. The van der Waals surface area contributed by atoms with Crippen LogP contribution in [-0.4, -0.2) is 47.7 Å². The number of nitrogens with zero attached hydrogens (tertiary/aromatic N) is 3. The van der Waals surface area contributed by atoms with Crippen LogP contribution in [-0.2, 0) is 13.0 Å². The van der Waals surface area contributed by atoms with Crippen molar-refractivity contribution < 1.29 is 4.39 Å². The van der Waals surface area contributed by atoms with Crippen molar-refractivity contribution in [2.45, 2.75) is 25.8 Å². The molecule has 1 aliphatic rings. The molecule has 1 N–H and O–H groups in total. The van der Waals surface area contributed by atoms with Gasteiger partial charge in [-0.15, -0.1) is 0 Å². The summed E-state index contributed by atoms with van der Waals surface area (Å²) in [4.78, 5) is 7.12. The summed E-state index contributed by atoms with van der Waals surface area (Å²) in [7, 11) is 1.94. The fourth-order valence-corrected chi connectivity index (χ4v) is 3.08. The second kappa shape index (κ2) is 6.54. The molecule has 1 aromatic heterocycles. The monoisotopic (exact) mass is 290 g/mol. The Morgan fingerprint density at radius 2 is 2.05 bits per heavy atom. The van der Waals surface area contributed by atoms with Gasteiger partial charge in [0.2, 0.25) is 0 Å². The topological polar surface area (TPSA) is 33.1 Å². The predicted octanol–water partition coefficient (Wildman–Crippen LogP) is 2.03. The molecule has 0 amide bonds. The summed E-state index contributed by atoms with van der Waals surface area (Å²) in [6.07, 6.45) is 3.48. The van der Waals surface area contributed by atoms with Crippen molar-refractivity contribution in [1.29, 1.82) is 0 Å². The molecule has 0 radical (unpaired) electrons. The number of hydrogen-bond acceptors (Lipinski definition) is 3. The van der Waals surface area contributed by atoms with Crippen LogP contribution in [0.5, 0.6) is 0 Å². The molecule has 3 rings (SSSR count). The number of aromatic nitrogens is 2. The van der Waals surface area contributed by atoms with Crippen molar-refractivity contribution in [3.63, 3.8) is 0 Å². The Kier molecular flexibility index (Phi) is 4.51. The smallest absolute Gasteiger partial charge is 0.125 e. The van der Waals surface area contributed by atoms with Gasteiger partial charge in [-0.25, -0.2) is 9.37 Å². The van der Waals surface area contributed by atoms with Crippen molar-refractivity contribution >= 4 is 11.0 Å². The standard InChI is InChI=1S/C16H23FN4/c1-18-7-6-16-19-14-12-13(17)4-5-15(14)21(16)11-10-20-8-2-3-9-20/h4-5,12,18H,2-3,6-11H2,1H3. The number of likely N-dealkylation sites (N-methyl/N-ethyl adjacent to an activating group) is 1. The highest BCUT2D eigenvalue weighted by Gasteiger charge is 2.15. The molecular weight excluding hydrogens is 267 g/mol. The lowest BCUT2D eigenvalue weighted by atomic mass is 10.3. The van der Waals surface area contributed by atoms with Gasteiger partial charge in [0.25, 0.3) is 0 Å². The van der Waals surface area contributed by atoms with Crippen molar-refractivity contribution in [3.8, 4) is 0 Å². The number of halogens is 1. The van der Waals surface area contributed by atoms with Crippen LogP contribution in [0.25, 0.3) is 11.0 Å². The maximum Gasteiger partial charge on any atom is 0.125 e. The molecule has 1 aliphatic heterocycles. The van der Waals surface area contributed by atoms with E-state index in [0.29, 0.717) is 0 Å². The van der Waals surface area contributed by atoms with Gasteiger partial charge in [-0.1, -0.05) is 0 Å². The molecular formula is C16H23FN4. The molecule has 1 fully saturated rings. The minimum absolute atomic E-state index is 0.216. The summed E-state index contributed by atoms with van der Waals surface area (Å²) in [6, 6.07) is 4.91. The van der Waals surface area contributed by atoms with Crippen LogP contribution in [0.2, 0.25) is 0 Å². The second-order valence-corrected chi connectivity index (χ2v) is 5.72. The Hall–Kier alpha value is -1.46. The van der Waals surface area contributed by atoms with E-state index in [4.69, 9.17) is 0 Å². The van der Waals surface area contributed by atoms with Crippen LogP contribution in [0.1, 0.15) is 18.7 Å². The lowest BCUT2D eigenvalue weighted by Gasteiger charge is -2.16. The second-order valence-electron chi connectivity index (χ2n) is 5.72. The van der Waals surface area contributed by atoms with E-state index in [9.17, 15) is 4.39 Å². The lowest BCUT2D eigenvalue weighted by Crippen LogP contribution is -2.25. The van der Waals surface area contributed by atoms with Gasteiger partial charge < -0.3 is 14.8 Å². The van der Waals surface area contributed by atoms with Gasteiger partial charge in [0, 0.05) is 32.1 Å². The van der Waals surface area contributed by atoms with Crippen LogP contribution in [0.3, 0.4) is 0 Å². The van der Waals surface area contributed by atoms with Gasteiger partial charge in [-0.3, -0.25) is 0 Å². The Morgan fingerprint density at radius 1 is 1.24 bits per heavy atom. The molecule has 4 nitrogen and oxygen atoms in total. The first-order chi connectivity index (χ1) is 10.3. The highest BCUT2D eigenvalue weighted by atomic mass is 19.1. The molecule has 0 aliphatic carbocycles. The third kappa shape index (κ3) is 3.24. The van der Waals surface area contributed by atoms with Gasteiger partial charge in [-0.05, 0) is 45.1 Å². The van der Waals surface area contributed by atoms with Crippen LogP contribution >= 0.6 is 0 Å². The average Bonchev–Trinajstić information content (AvgIpc) is 3.09. The van der Waals surface area contributed by atoms with Crippen molar-refractivity contribution in [1.82, 2.24) is 19.8 Å². The minimum atomic E-state index is -0.216. The van der Waals surface area contributed by atoms with E-state index in [1.54, 1.807) is 0 Å². The number of fused-ring (bicyclic) bond motifs is 1. The predicted molar refractivity (Wildman–Crippen MR) is 83.0 cm³/mol. The Balaban J connectivity index is 1.84. The first kappa shape index (κ1) is 14.5. The van der Waals surface area contributed by atoms with Crippen LogP contribution in [0.15, 0.2) is 18.2 Å². The number of nitrogens with one attached hydrogen (secondary N) is 1. The quantitative estimate of drug-likeness (QED) is 0.884. The fraction of sp³-hybridized carbons (Fsp3) is 0.562. The summed E-state index contributed by atoms with van der Waals surface area (Å²) in [5, 5.41) is 3.16. The molecule has 21 heavy (non-hydrogen) atoms. The van der Waals surface area contributed by atoms with Crippen molar-refractivity contribution in [3.05, 3.63) is 29.8 Å². The Morgan fingerprint density at radius 3 is 2.81 bits per heavy atom. The molecule has 2 heterocycles. The molecule has 5 heteroatoms. The molecule has 0 bridgehead atoms. The normalized spacial score (nSPS) is 16.1. The van der Waals surface area contributed by atoms with Crippen LogP contribution < -0.4 is 5.32 Å². The zero-order valence-electron chi connectivity index (χ0n) is 12.6. The first-order valence-electron chi connectivity index (χ1n) is 7.79. The largest absolute Gasteiger partial charge is 0.327 e. The van der Waals surface area contributed by atoms with Gasteiger partial charge in [-0.2, -0.15) is 0 Å². The summed E-state index contributed by atoms with van der Waals surface area (Å²) in [6.45, 7) is 5.27. The van der Waals surface area contributed by atoms with Crippen LogP contribution in [0.4, 0.5) is 4.39 Å². The van der Waals surface area contributed by atoms with E-state index in [1.165, 1.54) is 38.1 Å². The summed E-state index contributed by atoms with van der Waals surface area (Å²) < 4.78 is 15.6. The van der Waals surface area contributed by atoms with Gasteiger partial charge in [0.1, 0.15) is 11.6 Å². The number of benzene rings is 1. The SMILES string of the molecule is CNCCc1nc2cc(F)ccc2n1CCN1CCCC1. The van der Waals surface area contributed by atoms with E-state index in [2.05, 4.69) is 19.8 Å². The third-order valence-electron chi connectivity index (χ3n) is 4.23. The zero-order chi connectivity index (χ0) is 14.7. The molecule has 0 saturated carbocycles. The average molecular weight is 290 g/mol. The maximum atomic E-state index is 13.4. The fourth-order valence-electron chi connectivity index (χ4n) is 3.08. The first-order valence-corrected chi connectivity index (χ1v) is 7.79. The lowest BCUT2D eigenvalue weighted by molar-refractivity contribution is 0.322. The molecule has 114 valence electrons. The van der Waals surface area contributed by atoms with Crippen molar-refractivity contribution in [2.75, 3.05) is 33.2 Å². The van der Waals surface area contributed by atoms with E-state index >= 15 is 0 Å². The minimum Gasteiger partial charge on any atom is -0.327 e. The van der Waals surface area contributed by atoms with Gasteiger partial charge in [0.05, 0.1) is 11.0 Å². The summed E-state index contributed by atoms with van der Waals surface area (Å²) >= 11 is 0. The number of imidazole rings is 1. The van der Waals surface area contributed by atoms with E-state index in [1.807, 2.05) is 13.1 Å². The number of rotatable bonds is 6. The molecule has 0 unspecified atom stereocenters.